The number of rotatable bonds is 5. The Morgan fingerprint density at radius 1 is 1.32 bits per heavy atom. The molecule has 0 spiro atoms. The molecule has 0 saturated heterocycles. The molecule has 1 aromatic heterocycles. The molecule has 0 aliphatic carbocycles. The largest absolute Gasteiger partial charge is 0.347 e. The predicted octanol–water partition coefficient (Wildman–Crippen LogP) is 3.02. The molecule has 2 rings (SSSR count). The Labute approximate surface area is 114 Å². The first-order valence-electron chi connectivity index (χ1n) is 5.73. The van der Waals surface area contributed by atoms with Crippen LogP contribution in [-0.4, -0.2) is 12.6 Å². The number of thiophene rings is 1. The minimum Gasteiger partial charge on any atom is -0.347 e. The Morgan fingerprint density at radius 2 is 2.11 bits per heavy atom. The van der Waals surface area contributed by atoms with Gasteiger partial charge in [-0.2, -0.15) is 0 Å². The fraction of sp³-hybridized carbons (Fsp3) is 0.143. The van der Waals surface area contributed by atoms with E-state index in [1.54, 1.807) is 24.3 Å². The number of carbonyl (C=O) groups excluding carboxylic acids is 1. The molecule has 0 bridgehead atoms. The van der Waals surface area contributed by atoms with Gasteiger partial charge in [-0.25, -0.2) is 4.39 Å². The van der Waals surface area contributed by atoms with Crippen molar-refractivity contribution in [3.05, 3.63) is 57.5 Å². The topological polar surface area (TPSA) is 41.5 Å². The Kier molecular flexibility index (Phi) is 4.41. The summed E-state index contributed by atoms with van der Waals surface area (Å²) in [5, 5.41) is 2.70. The van der Waals surface area contributed by atoms with E-state index in [9.17, 15) is 9.18 Å². The zero-order valence-corrected chi connectivity index (χ0v) is 11.0. The van der Waals surface area contributed by atoms with E-state index in [-0.39, 0.29) is 18.3 Å². The van der Waals surface area contributed by atoms with Crippen molar-refractivity contribution in [1.82, 2.24) is 5.32 Å². The van der Waals surface area contributed by atoms with Crippen LogP contribution in [0.1, 0.15) is 20.1 Å². The number of benzene rings is 1. The number of nitrogens with one attached hydrogen (secondary N) is 1. The number of hydrogen-bond acceptors (Lipinski definition) is 3. The standard InChI is InChI=1S/C14H13FN2OS/c1-16-9-11-6-7-13(19-11)14(18)17-8-10-4-2-3-5-12(10)15/h2-7H,1,8-9H2,(H,17,18). The summed E-state index contributed by atoms with van der Waals surface area (Å²) >= 11 is 1.37. The highest BCUT2D eigenvalue weighted by atomic mass is 32.1. The molecule has 2 aromatic rings. The normalized spacial score (nSPS) is 10.2. The summed E-state index contributed by atoms with van der Waals surface area (Å²) in [6.45, 7) is 4.09. The van der Waals surface area contributed by atoms with Crippen molar-refractivity contribution < 1.29 is 9.18 Å². The Bertz CT molecular complexity index is 595. The lowest BCUT2D eigenvalue weighted by Crippen LogP contribution is -2.22. The molecule has 1 amide bonds. The van der Waals surface area contributed by atoms with Crippen LogP contribution >= 0.6 is 11.3 Å². The molecular formula is C14H13FN2OS. The van der Waals surface area contributed by atoms with Gasteiger partial charge in [-0.05, 0) is 24.9 Å². The molecule has 1 heterocycles. The second-order valence-corrected chi connectivity index (χ2v) is 5.09. The van der Waals surface area contributed by atoms with E-state index >= 15 is 0 Å². The molecule has 3 nitrogen and oxygen atoms in total. The quantitative estimate of drug-likeness (QED) is 0.838. The summed E-state index contributed by atoms with van der Waals surface area (Å²) in [4.78, 5) is 17.2. The third-order valence-corrected chi connectivity index (χ3v) is 3.62. The van der Waals surface area contributed by atoms with Crippen molar-refractivity contribution in [2.24, 2.45) is 4.99 Å². The number of nitrogens with zero attached hydrogens (tertiary/aromatic N) is 1. The van der Waals surface area contributed by atoms with E-state index in [0.717, 1.165) is 4.88 Å². The molecule has 0 unspecified atom stereocenters. The summed E-state index contributed by atoms with van der Waals surface area (Å²) in [7, 11) is 0. The fourth-order valence-electron chi connectivity index (χ4n) is 1.60. The summed E-state index contributed by atoms with van der Waals surface area (Å²) in [6.07, 6.45) is 0. The second-order valence-electron chi connectivity index (χ2n) is 3.92. The molecule has 1 N–H and O–H groups in total. The molecular weight excluding hydrogens is 263 g/mol. The lowest BCUT2D eigenvalue weighted by molar-refractivity contribution is 0.0954. The SMILES string of the molecule is C=NCc1ccc(C(=O)NCc2ccccc2F)s1. The van der Waals surface area contributed by atoms with E-state index in [2.05, 4.69) is 17.0 Å². The van der Waals surface area contributed by atoms with Gasteiger partial charge in [0.25, 0.3) is 5.91 Å². The first-order valence-corrected chi connectivity index (χ1v) is 6.55. The molecule has 0 fully saturated rings. The van der Waals surface area contributed by atoms with Gasteiger partial charge < -0.3 is 5.32 Å². The van der Waals surface area contributed by atoms with Gasteiger partial charge in [0.15, 0.2) is 0 Å². The first-order chi connectivity index (χ1) is 9.20. The fourth-order valence-corrected chi connectivity index (χ4v) is 2.47. The number of aliphatic imine (C=N–C) groups is 1. The maximum Gasteiger partial charge on any atom is 0.261 e. The molecule has 0 atom stereocenters. The van der Waals surface area contributed by atoms with Crippen molar-refractivity contribution in [2.45, 2.75) is 13.1 Å². The summed E-state index contributed by atoms with van der Waals surface area (Å²) in [6, 6.07) is 9.97. The minimum atomic E-state index is -0.314. The molecule has 1 aromatic carbocycles. The van der Waals surface area contributed by atoms with Crippen LogP contribution in [0.5, 0.6) is 0 Å². The lowest BCUT2D eigenvalue weighted by atomic mass is 10.2. The van der Waals surface area contributed by atoms with Crippen LogP contribution in [0, 0.1) is 5.82 Å². The van der Waals surface area contributed by atoms with Gasteiger partial charge in [-0.1, -0.05) is 18.2 Å². The van der Waals surface area contributed by atoms with Crippen LogP contribution < -0.4 is 5.32 Å². The van der Waals surface area contributed by atoms with Gasteiger partial charge in [0.05, 0.1) is 11.4 Å². The van der Waals surface area contributed by atoms with Gasteiger partial charge in [0, 0.05) is 17.0 Å². The van der Waals surface area contributed by atoms with Crippen molar-refractivity contribution in [2.75, 3.05) is 0 Å². The third-order valence-electron chi connectivity index (χ3n) is 2.55. The monoisotopic (exact) mass is 276 g/mol. The Hall–Kier alpha value is -2.01. The molecule has 98 valence electrons. The third kappa shape index (κ3) is 3.48. The molecule has 19 heavy (non-hydrogen) atoms. The molecule has 0 aliphatic rings. The van der Waals surface area contributed by atoms with Crippen molar-refractivity contribution in [3.8, 4) is 0 Å². The highest BCUT2D eigenvalue weighted by Gasteiger charge is 2.09. The summed E-state index contributed by atoms with van der Waals surface area (Å²) < 4.78 is 13.4. The molecule has 5 heteroatoms. The van der Waals surface area contributed by atoms with Crippen molar-refractivity contribution in [3.63, 3.8) is 0 Å². The van der Waals surface area contributed by atoms with Crippen LogP contribution in [0.15, 0.2) is 41.4 Å². The van der Waals surface area contributed by atoms with Gasteiger partial charge >= 0.3 is 0 Å². The van der Waals surface area contributed by atoms with Gasteiger partial charge in [-0.15, -0.1) is 11.3 Å². The number of hydrogen-bond donors (Lipinski definition) is 1. The highest BCUT2D eigenvalue weighted by Crippen LogP contribution is 2.17. The van der Waals surface area contributed by atoms with E-state index in [1.807, 2.05) is 6.07 Å². The van der Waals surface area contributed by atoms with Crippen LogP contribution in [-0.2, 0) is 13.1 Å². The minimum absolute atomic E-state index is 0.179. The first kappa shape index (κ1) is 13.4. The second kappa shape index (κ2) is 6.24. The molecule has 0 saturated carbocycles. The highest BCUT2D eigenvalue weighted by molar-refractivity contribution is 7.14. The van der Waals surface area contributed by atoms with Crippen LogP contribution in [0.25, 0.3) is 0 Å². The van der Waals surface area contributed by atoms with Gasteiger partial charge in [-0.3, -0.25) is 9.79 Å². The Balaban J connectivity index is 1.97. The van der Waals surface area contributed by atoms with E-state index in [0.29, 0.717) is 17.0 Å². The van der Waals surface area contributed by atoms with E-state index in [1.165, 1.54) is 17.4 Å². The van der Waals surface area contributed by atoms with Crippen molar-refractivity contribution >= 4 is 24.0 Å². The maximum absolute atomic E-state index is 13.4. The zero-order valence-electron chi connectivity index (χ0n) is 10.2. The van der Waals surface area contributed by atoms with Crippen LogP contribution in [0.3, 0.4) is 0 Å². The van der Waals surface area contributed by atoms with E-state index < -0.39 is 0 Å². The van der Waals surface area contributed by atoms with Crippen LogP contribution in [0.2, 0.25) is 0 Å². The Morgan fingerprint density at radius 3 is 2.84 bits per heavy atom. The van der Waals surface area contributed by atoms with Crippen molar-refractivity contribution in [1.29, 1.82) is 0 Å². The van der Waals surface area contributed by atoms with Gasteiger partial charge in [0.2, 0.25) is 0 Å². The lowest BCUT2D eigenvalue weighted by Gasteiger charge is -2.04. The summed E-state index contributed by atoms with van der Waals surface area (Å²) in [5.41, 5.74) is 0.473. The van der Waals surface area contributed by atoms with E-state index in [4.69, 9.17) is 0 Å². The number of amides is 1. The zero-order chi connectivity index (χ0) is 13.7. The average Bonchev–Trinajstić information content (AvgIpc) is 2.87. The molecule has 0 aliphatic heterocycles. The summed E-state index contributed by atoms with van der Waals surface area (Å²) in [5.74, 6) is -0.519. The van der Waals surface area contributed by atoms with Gasteiger partial charge in [0.1, 0.15) is 5.82 Å². The molecule has 0 radical (unpaired) electrons. The number of halogens is 1. The maximum atomic E-state index is 13.4. The average molecular weight is 276 g/mol. The van der Waals surface area contributed by atoms with Crippen LogP contribution in [0.4, 0.5) is 4.39 Å². The smallest absolute Gasteiger partial charge is 0.261 e. The number of carbonyl (C=O) groups is 1. The predicted molar refractivity (Wildman–Crippen MR) is 75.1 cm³/mol.